The van der Waals surface area contributed by atoms with Gasteiger partial charge in [-0.1, -0.05) is 6.07 Å². The van der Waals surface area contributed by atoms with E-state index in [9.17, 15) is 9.50 Å². The monoisotopic (exact) mass is 469 g/mol. The number of thioether (sulfide) groups is 1. The quantitative estimate of drug-likeness (QED) is 0.423. The molecule has 0 aliphatic carbocycles. The van der Waals surface area contributed by atoms with Gasteiger partial charge in [0, 0.05) is 30.5 Å². The van der Waals surface area contributed by atoms with E-state index in [0.717, 1.165) is 67.0 Å². The number of aryl methyl sites for hydroxylation is 1. The largest absolute Gasteiger partial charge is 0.497 e. The van der Waals surface area contributed by atoms with Crippen molar-refractivity contribution in [1.29, 1.82) is 0 Å². The van der Waals surface area contributed by atoms with E-state index < -0.39 is 0 Å². The van der Waals surface area contributed by atoms with Gasteiger partial charge in [-0.15, -0.1) is 11.8 Å². The van der Waals surface area contributed by atoms with E-state index in [1.165, 1.54) is 6.20 Å². The lowest BCUT2D eigenvalue weighted by atomic mass is 9.75. The van der Waals surface area contributed by atoms with Gasteiger partial charge in [0.05, 0.1) is 23.8 Å². The first-order valence-electron chi connectivity index (χ1n) is 11.6. The third-order valence-electron chi connectivity index (χ3n) is 6.82. The van der Waals surface area contributed by atoms with E-state index in [1.54, 1.807) is 18.9 Å². The van der Waals surface area contributed by atoms with Gasteiger partial charge in [-0.2, -0.15) is 0 Å². The highest BCUT2D eigenvalue weighted by Gasteiger charge is 2.33. The van der Waals surface area contributed by atoms with Crippen molar-refractivity contribution in [2.75, 3.05) is 39.1 Å². The van der Waals surface area contributed by atoms with Crippen molar-refractivity contribution in [3.05, 3.63) is 60.2 Å². The molecule has 5 nitrogen and oxygen atoms in total. The molecule has 1 saturated heterocycles. The SMILES string of the molecule is COc1ccc2ncc(F)c(CCCC3(CO)CCN(CCSc4ccccn4)CC3)c2c1. The molecule has 0 saturated carbocycles. The third kappa shape index (κ3) is 6.02. The summed E-state index contributed by atoms with van der Waals surface area (Å²) in [7, 11) is 1.61. The van der Waals surface area contributed by atoms with Crippen LogP contribution in [0.2, 0.25) is 0 Å². The molecular formula is C26H32FN3O2S. The highest BCUT2D eigenvalue weighted by atomic mass is 32.2. The summed E-state index contributed by atoms with van der Waals surface area (Å²) in [6.45, 7) is 3.20. The third-order valence-corrected chi connectivity index (χ3v) is 7.74. The molecule has 33 heavy (non-hydrogen) atoms. The highest BCUT2D eigenvalue weighted by molar-refractivity contribution is 7.99. The summed E-state index contributed by atoms with van der Waals surface area (Å²) in [5.74, 6) is 1.45. The Kier molecular flexibility index (Phi) is 8.17. The molecule has 1 aliphatic heterocycles. The summed E-state index contributed by atoms with van der Waals surface area (Å²) < 4.78 is 19.9. The van der Waals surface area contributed by atoms with E-state index in [4.69, 9.17) is 4.74 Å². The fraction of sp³-hybridized carbons (Fsp3) is 0.462. The molecule has 1 aliphatic rings. The van der Waals surface area contributed by atoms with Crippen molar-refractivity contribution in [3.8, 4) is 5.75 Å². The number of aliphatic hydroxyl groups is 1. The van der Waals surface area contributed by atoms with Crippen LogP contribution in [0.25, 0.3) is 10.9 Å². The Balaban J connectivity index is 1.30. The number of nitrogens with zero attached hydrogens (tertiary/aromatic N) is 3. The summed E-state index contributed by atoms with van der Waals surface area (Å²) in [6, 6.07) is 11.6. The van der Waals surface area contributed by atoms with Gasteiger partial charge < -0.3 is 14.7 Å². The summed E-state index contributed by atoms with van der Waals surface area (Å²) in [6.07, 6.45) is 7.46. The van der Waals surface area contributed by atoms with E-state index >= 15 is 0 Å². The zero-order valence-corrected chi connectivity index (χ0v) is 20.0. The molecule has 4 rings (SSSR count). The average Bonchev–Trinajstić information content (AvgIpc) is 2.86. The van der Waals surface area contributed by atoms with Crippen LogP contribution < -0.4 is 4.74 Å². The number of halogens is 1. The van der Waals surface area contributed by atoms with Crippen LogP contribution in [0, 0.1) is 11.2 Å². The number of methoxy groups -OCH3 is 1. The number of ether oxygens (including phenoxy) is 1. The Bertz CT molecular complexity index is 1040. The van der Waals surface area contributed by atoms with Crippen molar-refractivity contribution >= 4 is 22.7 Å². The first kappa shape index (κ1) is 23.9. The van der Waals surface area contributed by atoms with Gasteiger partial charge in [0.15, 0.2) is 0 Å². The van der Waals surface area contributed by atoms with Crippen molar-refractivity contribution in [3.63, 3.8) is 0 Å². The van der Waals surface area contributed by atoms with Gasteiger partial charge in [0.2, 0.25) is 0 Å². The molecule has 1 N–H and O–H groups in total. The molecule has 1 fully saturated rings. The number of benzene rings is 1. The number of hydrogen-bond donors (Lipinski definition) is 1. The summed E-state index contributed by atoms with van der Waals surface area (Å²) in [4.78, 5) is 11.1. The van der Waals surface area contributed by atoms with Crippen molar-refractivity contribution < 1.29 is 14.2 Å². The lowest BCUT2D eigenvalue weighted by Crippen LogP contribution is -2.42. The number of rotatable bonds is 10. The smallest absolute Gasteiger partial charge is 0.145 e. The topological polar surface area (TPSA) is 58.5 Å². The lowest BCUT2D eigenvalue weighted by Gasteiger charge is -2.41. The second-order valence-corrected chi connectivity index (χ2v) is 9.95. The normalized spacial score (nSPS) is 16.2. The van der Waals surface area contributed by atoms with E-state index in [0.29, 0.717) is 17.7 Å². The maximum atomic E-state index is 14.6. The highest BCUT2D eigenvalue weighted by Crippen LogP contribution is 2.37. The molecule has 3 heterocycles. The van der Waals surface area contributed by atoms with Crippen molar-refractivity contribution in [2.24, 2.45) is 5.41 Å². The van der Waals surface area contributed by atoms with E-state index in [1.807, 2.05) is 42.6 Å². The lowest BCUT2D eigenvalue weighted by molar-refractivity contribution is 0.0378. The molecule has 3 aromatic rings. The van der Waals surface area contributed by atoms with Crippen LogP contribution in [0.15, 0.2) is 53.8 Å². The van der Waals surface area contributed by atoms with Crippen LogP contribution in [0.1, 0.15) is 31.2 Å². The predicted molar refractivity (Wildman–Crippen MR) is 131 cm³/mol. The summed E-state index contributed by atoms with van der Waals surface area (Å²) in [5.41, 5.74) is 1.40. The predicted octanol–water partition coefficient (Wildman–Crippen LogP) is 4.97. The van der Waals surface area contributed by atoms with Crippen LogP contribution in [-0.4, -0.2) is 59.1 Å². The fourth-order valence-electron chi connectivity index (χ4n) is 4.67. The average molecular weight is 470 g/mol. The minimum absolute atomic E-state index is 0.0678. The molecule has 0 amide bonds. The molecule has 176 valence electrons. The Hall–Kier alpha value is -2.22. The van der Waals surface area contributed by atoms with Gasteiger partial charge in [-0.3, -0.25) is 4.98 Å². The number of aliphatic hydroxyl groups excluding tert-OH is 1. The second-order valence-electron chi connectivity index (χ2n) is 8.84. The maximum Gasteiger partial charge on any atom is 0.145 e. The zero-order valence-electron chi connectivity index (χ0n) is 19.2. The molecule has 1 aromatic carbocycles. The van der Waals surface area contributed by atoms with Crippen LogP contribution in [0.4, 0.5) is 4.39 Å². The van der Waals surface area contributed by atoms with E-state index in [-0.39, 0.29) is 17.8 Å². The van der Waals surface area contributed by atoms with Crippen LogP contribution in [0.3, 0.4) is 0 Å². The number of pyridine rings is 2. The Labute approximate surface area is 199 Å². The van der Waals surface area contributed by atoms with Crippen LogP contribution >= 0.6 is 11.8 Å². The van der Waals surface area contributed by atoms with Gasteiger partial charge in [-0.25, -0.2) is 9.37 Å². The Morgan fingerprint density at radius 2 is 2.03 bits per heavy atom. The van der Waals surface area contributed by atoms with Crippen LogP contribution in [0.5, 0.6) is 5.75 Å². The summed E-state index contributed by atoms with van der Waals surface area (Å²) >= 11 is 1.78. The zero-order chi connectivity index (χ0) is 23.1. The van der Waals surface area contributed by atoms with Crippen molar-refractivity contribution in [2.45, 2.75) is 37.1 Å². The second kappa shape index (κ2) is 11.3. The van der Waals surface area contributed by atoms with Gasteiger partial charge in [0.25, 0.3) is 0 Å². The Morgan fingerprint density at radius 1 is 1.18 bits per heavy atom. The van der Waals surface area contributed by atoms with Gasteiger partial charge >= 0.3 is 0 Å². The Morgan fingerprint density at radius 3 is 2.76 bits per heavy atom. The number of aromatic nitrogens is 2. The number of likely N-dealkylation sites (tertiary alicyclic amines) is 1. The van der Waals surface area contributed by atoms with Gasteiger partial charge in [-0.05, 0) is 86.5 Å². The molecule has 0 radical (unpaired) electrons. The molecular weight excluding hydrogens is 437 g/mol. The molecule has 0 atom stereocenters. The number of fused-ring (bicyclic) bond motifs is 1. The molecule has 0 unspecified atom stereocenters. The van der Waals surface area contributed by atoms with Crippen molar-refractivity contribution in [1.82, 2.24) is 14.9 Å². The minimum Gasteiger partial charge on any atom is -0.497 e. The maximum absolute atomic E-state index is 14.6. The molecule has 0 spiro atoms. The van der Waals surface area contributed by atoms with E-state index in [2.05, 4.69) is 14.9 Å². The molecule has 7 heteroatoms. The summed E-state index contributed by atoms with van der Waals surface area (Å²) in [5, 5.41) is 12.1. The number of hydrogen-bond acceptors (Lipinski definition) is 6. The fourth-order valence-corrected chi connectivity index (χ4v) is 5.54. The minimum atomic E-state index is -0.269. The first-order valence-corrected chi connectivity index (χ1v) is 12.6. The standard InChI is InChI=1S/C26H32FN3O2S/c1-32-20-7-8-24-22(17-20)21(23(27)18-29-24)5-4-9-26(19-31)10-13-30(14-11-26)15-16-33-25-6-2-3-12-28-25/h2-3,6-8,12,17-18,31H,4-5,9-11,13-16,19H2,1H3. The molecule has 0 bridgehead atoms. The van der Waals surface area contributed by atoms with Gasteiger partial charge in [0.1, 0.15) is 11.6 Å². The first-order chi connectivity index (χ1) is 16.1. The molecule has 2 aromatic heterocycles. The van der Waals surface area contributed by atoms with Crippen LogP contribution in [-0.2, 0) is 6.42 Å². The number of piperidine rings is 1.